The van der Waals surface area contributed by atoms with Crippen LogP contribution in [-0.4, -0.2) is 81.2 Å². The molecule has 0 radical (unpaired) electrons. The summed E-state index contributed by atoms with van der Waals surface area (Å²) in [5.41, 5.74) is 2.16. The summed E-state index contributed by atoms with van der Waals surface area (Å²) in [5.74, 6) is 1.22. The predicted octanol–water partition coefficient (Wildman–Crippen LogP) is 4.26. The first kappa shape index (κ1) is 29.6. The summed E-state index contributed by atoms with van der Waals surface area (Å²) >= 11 is 0. The number of amides is 1. The maximum atomic E-state index is 14.0. The molecule has 0 aliphatic carbocycles. The molecule has 0 unspecified atom stereocenters. The zero-order valence-electron chi connectivity index (χ0n) is 24.5. The second kappa shape index (κ2) is 12.7. The Bertz CT molecular complexity index is 1520. The molecule has 228 valence electrons. The summed E-state index contributed by atoms with van der Waals surface area (Å²) in [4.78, 5) is 15.3. The van der Waals surface area contributed by atoms with Crippen LogP contribution in [-0.2, 0) is 26.0 Å². The van der Waals surface area contributed by atoms with E-state index in [9.17, 15) is 13.2 Å². The zero-order chi connectivity index (χ0) is 29.9. The van der Waals surface area contributed by atoms with Crippen LogP contribution in [0.25, 0.3) is 0 Å². The van der Waals surface area contributed by atoms with Crippen molar-refractivity contribution < 1.29 is 27.4 Å². The number of anilines is 1. The Morgan fingerprint density at radius 1 is 0.953 bits per heavy atom. The third-order valence-corrected chi connectivity index (χ3v) is 10.5. The molecule has 9 nitrogen and oxygen atoms in total. The Kier molecular flexibility index (Phi) is 8.72. The van der Waals surface area contributed by atoms with E-state index in [-0.39, 0.29) is 25.0 Å². The lowest BCUT2D eigenvalue weighted by atomic mass is 9.88. The van der Waals surface area contributed by atoms with Crippen LogP contribution >= 0.6 is 0 Å². The van der Waals surface area contributed by atoms with Gasteiger partial charge >= 0.3 is 0 Å². The van der Waals surface area contributed by atoms with E-state index in [1.165, 1.54) is 0 Å². The van der Waals surface area contributed by atoms with Crippen molar-refractivity contribution in [1.82, 2.24) is 9.21 Å². The van der Waals surface area contributed by atoms with Gasteiger partial charge in [0.2, 0.25) is 15.9 Å². The van der Waals surface area contributed by atoms with Gasteiger partial charge < -0.3 is 19.5 Å². The number of nitrogens with zero attached hydrogens (tertiary/aromatic N) is 2. The summed E-state index contributed by atoms with van der Waals surface area (Å²) in [7, 11) is -3.74. The second-order valence-corrected chi connectivity index (χ2v) is 13.6. The minimum absolute atomic E-state index is 0.110. The number of nitrogens with one attached hydrogen (secondary N) is 1. The molecule has 3 aliphatic heterocycles. The highest BCUT2D eigenvalue weighted by Gasteiger charge is 2.47. The third kappa shape index (κ3) is 6.88. The summed E-state index contributed by atoms with van der Waals surface area (Å²) in [6.07, 6.45) is 2.68. The van der Waals surface area contributed by atoms with Crippen molar-refractivity contribution in [3.8, 4) is 11.5 Å². The molecule has 3 aliphatic rings. The van der Waals surface area contributed by atoms with Crippen molar-refractivity contribution in [2.24, 2.45) is 0 Å². The van der Waals surface area contributed by atoms with Crippen LogP contribution in [0.5, 0.6) is 11.5 Å². The number of carbonyl (C=O) groups excluding carboxylic acids is 1. The lowest BCUT2D eigenvalue weighted by Crippen LogP contribution is -2.62. The molecule has 3 heterocycles. The maximum Gasteiger partial charge on any atom is 0.243 e. The molecule has 0 aromatic heterocycles. The van der Waals surface area contributed by atoms with Crippen molar-refractivity contribution in [2.45, 2.75) is 49.1 Å². The van der Waals surface area contributed by atoms with E-state index >= 15 is 0 Å². The summed E-state index contributed by atoms with van der Waals surface area (Å²) in [6, 6.07) is 22.2. The molecule has 2 saturated heterocycles. The Balaban J connectivity index is 1.11. The molecule has 43 heavy (non-hydrogen) atoms. The largest absolute Gasteiger partial charge is 0.490 e. The highest BCUT2D eigenvalue weighted by molar-refractivity contribution is 7.89. The van der Waals surface area contributed by atoms with Crippen LogP contribution in [0.3, 0.4) is 0 Å². The first-order valence-corrected chi connectivity index (χ1v) is 16.4. The lowest BCUT2D eigenvalue weighted by molar-refractivity contribution is -0.139. The van der Waals surface area contributed by atoms with Gasteiger partial charge in [0.05, 0.1) is 42.9 Å². The molecule has 3 aromatic rings. The summed E-state index contributed by atoms with van der Waals surface area (Å²) < 4.78 is 47.6. The average Bonchev–Trinajstić information content (AvgIpc) is 3.25. The van der Waals surface area contributed by atoms with Gasteiger partial charge in [-0.05, 0) is 56.0 Å². The molecule has 6 rings (SSSR count). The van der Waals surface area contributed by atoms with Crippen LogP contribution in [0.1, 0.15) is 30.4 Å². The van der Waals surface area contributed by atoms with E-state index in [0.29, 0.717) is 74.3 Å². The molecule has 0 bridgehead atoms. The Morgan fingerprint density at radius 2 is 1.67 bits per heavy atom. The number of hydrogen-bond acceptors (Lipinski definition) is 7. The first-order chi connectivity index (χ1) is 20.8. The van der Waals surface area contributed by atoms with Gasteiger partial charge in [-0.25, -0.2) is 8.42 Å². The van der Waals surface area contributed by atoms with Crippen LogP contribution in [0.4, 0.5) is 5.69 Å². The van der Waals surface area contributed by atoms with Gasteiger partial charge in [-0.15, -0.1) is 0 Å². The SMILES string of the molecule is Cc1ccc(S(=O)(=O)N2CC3(CCN(CC(=O)Nc4ccc5c(c4)OCCCO5)CC3)OC[C@H]2Cc2ccccc2)cc1. The fourth-order valence-corrected chi connectivity index (χ4v) is 7.74. The fourth-order valence-electron chi connectivity index (χ4n) is 6.05. The van der Waals surface area contributed by atoms with Gasteiger partial charge in [-0.2, -0.15) is 4.31 Å². The molecule has 1 atom stereocenters. The number of ether oxygens (including phenoxy) is 3. The van der Waals surface area contributed by atoms with Crippen molar-refractivity contribution in [3.63, 3.8) is 0 Å². The predicted molar refractivity (Wildman–Crippen MR) is 164 cm³/mol. The highest BCUT2D eigenvalue weighted by atomic mass is 32.2. The molecular formula is C33H39N3O6S. The Hall–Kier alpha value is -3.44. The molecule has 3 aromatic carbocycles. The molecule has 0 saturated carbocycles. The number of benzene rings is 3. The number of piperidine rings is 1. The zero-order valence-corrected chi connectivity index (χ0v) is 25.4. The Labute approximate surface area is 253 Å². The molecule has 2 fully saturated rings. The number of carbonyl (C=O) groups is 1. The average molecular weight is 606 g/mol. The number of sulfonamides is 1. The number of likely N-dealkylation sites (tertiary alicyclic amines) is 1. The molecule has 1 N–H and O–H groups in total. The quantitative estimate of drug-likeness (QED) is 0.430. The van der Waals surface area contributed by atoms with Gasteiger partial charge in [0.25, 0.3) is 0 Å². The minimum atomic E-state index is -3.74. The monoisotopic (exact) mass is 605 g/mol. The third-order valence-electron chi connectivity index (χ3n) is 8.54. The number of fused-ring (bicyclic) bond motifs is 1. The number of aryl methyl sites for hydroxylation is 1. The van der Waals surface area contributed by atoms with E-state index in [4.69, 9.17) is 14.2 Å². The first-order valence-electron chi connectivity index (χ1n) is 15.0. The van der Waals surface area contributed by atoms with Crippen LogP contribution in [0, 0.1) is 6.92 Å². The van der Waals surface area contributed by atoms with Gasteiger partial charge in [-0.3, -0.25) is 9.69 Å². The topological polar surface area (TPSA) is 97.4 Å². The van der Waals surface area contributed by atoms with E-state index in [0.717, 1.165) is 17.5 Å². The van der Waals surface area contributed by atoms with Crippen LogP contribution in [0.15, 0.2) is 77.7 Å². The van der Waals surface area contributed by atoms with E-state index in [2.05, 4.69) is 10.2 Å². The summed E-state index contributed by atoms with van der Waals surface area (Å²) in [6.45, 7) is 5.27. The molecule has 1 amide bonds. The molecule has 1 spiro atoms. The maximum absolute atomic E-state index is 14.0. The van der Waals surface area contributed by atoms with Crippen LogP contribution in [0.2, 0.25) is 0 Å². The summed E-state index contributed by atoms with van der Waals surface area (Å²) in [5, 5.41) is 2.97. The number of rotatable bonds is 7. The van der Waals surface area contributed by atoms with Gasteiger partial charge in [0, 0.05) is 37.8 Å². The Morgan fingerprint density at radius 3 is 2.42 bits per heavy atom. The van der Waals surface area contributed by atoms with Crippen LogP contribution < -0.4 is 14.8 Å². The van der Waals surface area contributed by atoms with Crippen molar-refractivity contribution in [3.05, 3.63) is 83.9 Å². The van der Waals surface area contributed by atoms with Crippen molar-refractivity contribution in [2.75, 3.05) is 51.3 Å². The molecular weight excluding hydrogens is 566 g/mol. The van der Waals surface area contributed by atoms with E-state index in [1.807, 2.05) is 61.5 Å². The smallest absolute Gasteiger partial charge is 0.243 e. The van der Waals surface area contributed by atoms with E-state index < -0.39 is 15.6 Å². The van der Waals surface area contributed by atoms with Gasteiger partial charge in [-0.1, -0.05) is 48.0 Å². The van der Waals surface area contributed by atoms with Gasteiger partial charge in [0.1, 0.15) is 0 Å². The van der Waals surface area contributed by atoms with Crippen molar-refractivity contribution >= 4 is 21.6 Å². The normalized spacial score (nSPS) is 20.8. The van der Waals surface area contributed by atoms with E-state index in [1.54, 1.807) is 22.5 Å². The minimum Gasteiger partial charge on any atom is -0.490 e. The highest BCUT2D eigenvalue weighted by Crippen LogP contribution is 2.36. The van der Waals surface area contributed by atoms with Gasteiger partial charge in [0.15, 0.2) is 11.5 Å². The second-order valence-electron chi connectivity index (χ2n) is 11.7. The lowest BCUT2D eigenvalue weighted by Gasteiger charge is -2.49. The molecule has 10 heteroatoms. The standard InChI is InChI=1S/C33H39N3O6S/c1-25-8-11-29(12-9-25)43(38,39)36-24-33(42-23-28(36)20-26-6-3-2-4-7-26)14-16-35(17-15-33)22-32(37)34-27-10-13-30-31(21-27)41-19-5-18-40-30/h2-4,6-13,21,28H,5,14-20,22-24H2,1H3,(H,34,37)/t28-/m1/s1. The fraction of sp³-hybridized carbons (Fsp3) is 0.424. The van der Waals surface area contributed by atoms with Crippen molar-refractivity contribution in [1.29, 1.82) is 0 Å². The number of morpholine rings is 1. The number of hydrogen-bond donors (Lipinski definition) is 1.